The van der Waals surface area contributed by atoms with Crippen LogP contribution < -0.4 is 0 Å². The van der Waals surface area contributed by atoms with Gasteiger partial charge in [-0.25, -0.2) is 4.68 Å². The summed E-state index contributed by atoms with van der Waals surface area (Å²) in [5.74, 6) is 0.149. The molecule has 25 heavy (non-hydrogen) atoms. The molecule has 0 spiro atoms. The topological polar surface area (TPSA) is 38.0 Å². The molecule has 1 N–H and O–H groups in total. The lowest BCUT2D eigenvalue weighted by Gasteiger charge is -2.05. The van der Waals surface area contributed by atoms with Gasteiger partial charge in [-0.1, -0.05) is 72.8 Å². The first-order chi connectivity index (χ1) is 12.2. The first-order valence-electron chi connectivity index (χ1n) is 8.24. The molecule has 0 aliphatic heterocycles. The van der Waals surface area contributed by atoms with E-state index in [2.05, 4.69) is 0 Å². The molecule has 3 aromatic carbocycles. The Morgan fingerprint density at radius 1 is 0.760 bits per heavy atom. The highest BCUT2D eigenvalue weighted by molar-refractivity contribution is 5.85. The van der Waals surface area contributed by atoms with Crippen molar-refractivity contribution in [3.63, 3.8) is 0 Å². The van der Waals surface area contributed by atoms with Gasteiger partial charge in [-0.3, -0.25) is 0 Å². The van der Waals surface area contributed by atoms with E-state index in [9.17, 15) is 5.11 Å². The van der Waals surface area contributed by atoms with Crippen LogP contribution in [-0.4, -0.2) is 14.9 Å². The number of aromatic hydroxyl groups is 1. The molecule has 0 saturated carbocycles. The number of aryl methyl sites for hydroxylation is 1. The van der Waals surface area contributed by atoms with E-state index in [-0.39, 0.29) is 5.88 Å². The average molecular weight is 326 g/mol. The second-order valence-electron chi connectivity index (χ2n) is 6.03. The summed E-state index contributed by atoms with van der Waals surface area (Å²) in [6.07, 6.45) is 0. The fraction of sp³-hybridized carbons (Fsp3) is 0.0455. The second kappa shape index (κ2) is 6.29. The van der Waals surface area contributed by atoms with Crippen LogP contribution in [0.4, 0.5) is 0 Å². The zero-order valence-electron chi connectivity index (χ0n) is 13.9. The Labute approximate surface area is 146 Å². The van der Waals surface area contributed by atoms with E-state index in [4.69, 9.17) is 5.10 Å². The summed E-state index contributed by atoms with van der Waals surface area (Å²) >= 11 is 0. The fourth-order valence-electron chi connectivity index (χ4n) is 3.02. The number of rotatable bonds is 3. The highest BCUT2D eigenvalue weighted by Crippen LogP contribution is 2.39. The van der Waals surface area contributed by atoms with Gasteiger partial charge in [-0.2, -0.15) is 5.10 Å². The number of benzene rings is 3. The Kier molecular flexibility index (Phi) is 3.82. The van der Waals surface area contributed by atoms with Gasteiger partial charge in [0.15, 0.2) is 0 Å². The standard InChI is InChI=1S/C22H18N2O/c1-16-9-8-14-19(15-16)24-22(25)20(17-10-4-2-5-11-17)21(23-24)18-12-6-3-7-13-18/h2-15,25H,1H3. The third kappa shape index (κ3) is 2.81. The van der Waals surface area contributed by atoms with Gasteiger partial charge in [-0.05, 0) is 30.2 Å². The van der Waals surface area contributed by atoms with Gasteiger partial charge in [0.25, 0.3) is 0 Å². The first kappa shape index (κ1) is 15.2. The summed E-state index contributed by atoms with van der Waals surface area (Å²) in [6.45, 7) is 2.03. The van der Waals surface area contributed by atoms with Crippen molar-refractivity contribution in [2.45, 2.75) is 6.92 Å². The van der Waals surface area contributed by atoms with Crippen molar-refractivity contribution < 1.29 is 5.11 Å². The summed E-state index contributed by atoms with van der Waals surface area (Å²) in [5, 5.41) is 15.7. The lowest BCUT2D eigenvalue weighted by Crippen LogP contribution is -1.96. The third-order valence-corrected chi connectivity index (χ3v) is 4.22. The Bertz CT molecular complexity index is 1000. The highest BCUT2D eigenvalue weighted by atomic mass is 16.3. The Morgan fingerprint density at radius 2 is 1.40 bits per heavy atom. The van der Waals surface area contributed by atoms with Crippen LogP contribution in [0.2, 0.25) is 0 Å². The van der Waals surface area contributed by atoms with Crippen molar-refractivity contribution in [1.29, 1.82) is 0 Å². The maximum atomic E-state index is 11.0. The molecule has 122 valence electrons. The van der Waals surface area contributed by atoms with Gasteiger partial charge in [-0.15, -0.1) is 0 Å². The molecule has 4 rings (SSSR count). The van der Waals surface area contributed by atoms with Crippen LogP contribution in [-0.2, 0) is 0 Å². The van der Waals surface area contributed by atoms with E-state index in [0.29, 0.717) is 0 Å². The molecule has 4 aromatic rings. The largest absolute Gasteiger partial charge is 0.493 e. The predicted molar refractivity (Wildman–Crippen MR) is 101 cm³/mol. The van der Waals surface area contributed by atoms with E-state index in [1.54, 1.807) is 4.68 Å². The first-order valence-corrected chi connectivity index (χ1v) is 8.24. The molecule has 1 heterocycles. The van der Waals surface area contributed by atoms with Crippen molar-refractivity contribution in [3.05, 3.63) is 90.5 Å². The summed E-state index contributed by atoms with van der Waals surface area (Å²) in [5.41, 5.74) is 5.40. The third-order valence-electron chi connectivity index (χ3n) is 4.22. The van der Waals surface area contributed by atoms with Gasteiger partial charge in [0.05, 0.1) is 11.3 Å². The molecular formula is C22H18N2O. The van der Waals surface area contributed by atoms with Gasteiger partial charge < -0.3 is 5.11 Å². The molecule has 0 fully saturated rings. The van der Waals surface area contributed by atoms with Gasteiger partial charge in [0.2, 0.25) is 5.88 Å². The van der Waals surface area contributed by atoms with Crippen LogP contribution in [0, 0.1) is 6.92 Å². The molecule has 3 heteroatoms. The second-order valence-corrected chi connectivity index (χ2v) is 6.03. The van der Waals surface area contributed by atoms with Gasteiger partial charge in [0, 0.05) is 5.56 Å². The van der Waals surface area contributed by atoms with Crippen molar-refractivity contribution in [1.82, 2.24) is 9.78 Å². The summed E-state index contributed by atoms with van der Waals surface area (Å²) in [6, 6.07) is 27.8. The Morgan fingerprint density at radius 3 is 2.04 bits per heavy atom. The molecular weight excluding hydrogens is 308 g/mol. The minimum absolute atomic E-state index is 0.149. The lowest BCUT2D eigenvalue weighted by atomic mass is 10.0. The van der Waals surface area contributed by atoms with Crippen LogP contribution in [0.15, 0.2) is 84.9 Å². The zero-order valence-corrected chi connectivity index (χ0v) is 13.9. The minimum atomic E-state index is 0.149. The molecule has 0 unspecified atom stereocenters. The van der Waals surface area contributed by atoms with E-state index in [0.717, 1.165) is 33.6 Å². The molecule has 0 amide bonds. The number of hydrogen-bond donors (Lipinski definition) is 1. The normalized spacial score (nSPS) is 10.8. The zero-order chi connectivity index (χ0) is 17.2. The quantitative estimate of drug-likeness (QED) is 0.560. The van der Waals surface area contributed by atoms with Crippen LogP contribution in [0.3, 0.4) is 0 Å². The molecule has 0 saturated heterocycles. The van der Waals surface area contributed by atoms with Crippen molar-refractivity contribution in [2.24, 2.45) is 0 Å². The molecule has 0 bridgehead atoms. The van der Waals surface area contributed by atoms with Crippen LogP contribution >= 0.6 is 0 Å². The number of hydrogen-bond acceptors (Lipinski definition) is 2. The summed E-state index contributed by atoms with van der Waals surface area (Å²) < 4.78 is 1.61. The van der Waals surface area contributed by atoms with Gasteiger partial charge >= 0.3 is 0 Å². The highest BCUT2D eigenvalue weighted by Gasteiger charge is 2.21. The van der Waals surface area contributed by atoms with Crippen molar-refractivity contribution in [3.8, 4) is 34.0 Å². The lowest BCUT2D eigenvalue weighted by molar-refractivity contribution is 0.435. The van der Waals surface area contributed by atoms with Crippen LogP contribution in [0.25, 0.3) is 28.1 Å². The predicted octanol–water partition coefficient (Wildman–Crippen LogP) is 5.22. The molecule has 1 aromatic heterocycles. The minimum Gasteiger partial charge on any atom is -0.493 e. The van der Waals surface area contributed by atoms with E-state index < -0.39 is 0 Å². The summed E-state index contributed by atoms with van der Waals surface area (Å²) in [4.78, 5) is 0. The fourth-order valence-corrected chi connectivity index (χ4v) is 3.02. The average Bonchev–Trinajstić information content (AvgIpc) is 3.00. The van der Waals surface area contributed by atoms with E-state index in [1.165, 1.54) is 0 Å². The molecule has 0 atom stereocenters. The smallest absolute Gasteiger partial charge is 0.222 e. The number of nitrogens with zero attached hydrogens (tertiary/aromatic N) is 2. The monoisotopic (exact) mass is 326 g/mol. The molecule has 0 radical (unpaired) electrons. The molecule has 0 aliphatic carbocycles. The number of aromatic nitrogens is 2. The van der Waals surface area contributed by atoms with Crippen LogP contribution in [0.5, 0.6) is 5.88 Å². The van der Waals surface area contributed by atoms with E-state index >= 15 is 0 Å². The van der Waals surface area contributed by atoms with Crippen molar-refractivity contribution in [2.75, 3.05) is 0 Å². The van der Waals surface area contributed by atoms with Gasteiger partial charge in [0.1, 0.15) is 5.69 Å². The SMILES string of the molecule is Cc1cccc(-n2nc(-c3ccccc3)c(-c3ccccc3)c2O)c1. The van der Waals surface area contributed by atoms with Crippen LogP contribution in [0.1, 0.15) is 5.56 Å². The summed E-state index contributed by atoms with van der Waals surface area (Å²) in [7, 11) is 0. The molecule has 3 nitrogen and oxygen atoms in total. The Balaban J connectivity index is 1.99. The maximum Gasteiger partial charge on any atom is 0.222 e. The van der Waals surface area contributed by atoms with E-state index in [1.807, 2.05) is 91.9 Å². The molecule has 0 aliphatic rings. The van der Waals surface area contributed by atoms with Crippen molar-refractivity contribution >= 4 is 0 Å². The maximum absolute atomic E-state index is 11.0. The Hall–Kier alpha value is -3.33.